The van der Waals surface area contributed by atoms with Crippen molar-refractivity contribution in [2.45, 2.75) is 51.5 Å². The summed E-state index contributed by atoms with van der Waals surface area (Å²) in [5.74, 6) is 0.509. The smallest absolute Gasteiger partial charge is 0.211 e. The van der Waals surface area contributed by atoms with Crippen molar-refractivity contribution in [3.05, 3.63) is 0 Å². The molecule has 7 heteroatoms. The Labute approximate surface area is 116 Å². The van der Waals surface area contributed by atoms with E-state index in [4.69, 9.17) is 5.73 Å². The van der Waals surface area contributed by atoms with Gasteiger partial charge in [-0.1, -0.05) is 25.7 Å². The summed E-state index contributed by atoms with van der Waals surface area (Å²) in [6, 6.07) is 0.415. The lowest BCUT2D eigenvalue weighted by molar-refractivity contribution is 0.530. The Morgan fingerprint density at radius 1 is 1.26 bits per heavy atom. The van der Waals surface area contributed by atoms with Crippen molar-refractivity contribution in [2.24, 2.45) is 10.7 Å². The van der Waals surface area contributed by atoms with Crippen LogP contribution in [0.1, 0.15) is 45.4 Å². The van der Waals surface area contributed by atoms with Crippen LogP contribution in [0.25, 0.3) is 0 Å². The quantitative estimate of drug-likeness (QED) is 0.288. The fourth-order valence-electron chi connectivity index (χ4n) is 2.16. The Morgan fingerprint density at radius 3 is 2.47 bits per heavy atom. The highest BCUT2D eigenvalue weighted by Crippen LogP contribution is 2.16. The van der Waals surface area contributed by atoms with Crippen molar-refractivity contribution in [2.75, 3.05) is 18.8 Å². The third kappa shape index (κ3) is 7.37. The molecule has 0 aromatic heterocycles. The van der Waals surface area contributed by atoms with E-state index in [9.17, 15) is 8.42 Å². The molecule has 0 saturated heterocycles. The maximum absolute atomic E-state index is 11.2. The van der Waals surface area contributed by atoms with E-state index in [0.717, 1.165) is 12.8 Å². The first-order chi connectivity index (χ1) is 9.03. The molecule has 0 bridgehead atoms. The average molecular weight is 290 g/mol. The molecule has 1 rings (SSSR count). The highest BCUT2D eigenvalue weighted by molar-refractivity contribution is 7.89. The zero-order valence-corrected chi connectivity index (χ0v) is 12.5. The Hall–Kier alpha value is -0.820. The second-order valence-corrected chi connectivity index (χ2v) is 6.99. The van der Waals surface area contributed by atoms with Crippen molar-refractivity contribution >= 4 is 16.0 Å². The van der Waals surface area contributed by atoms with E-state index in [0.29, 0.717) is 25.1 Å². The van der Waals surface area contributed by atoms with Gasteiger partial charge in [-0.15, -0.1) is 0 Å². The third-order valence-corrected chi connectivity index (χ3v) is 4.71. The summed E-state index contributed by atoms with van der Waals surface area (Å²) < 4.78 is 24.8. The number of nitrogens with one attached hydrogen (secondary N) is 2. The number of guanidine groups is 1. The second-order valence-electron chi connectivity index (χ2n) is 4.90. The van der Waals surface area contributed by atoms with Gasteiger partial charge >= 0.3 is 0 Å². The van der Waals surface area contributed by atoms with Crippen LogP contribution in [0, 0.1) is 0 Å². The molecule has 1 saturated carbocycles. The van der Waals surface area contributed by atoms with Crippen molar-refractivity contribution in [3.8, 4) is 0 Å². The molecule has 4 N–H and O–H groups in total. The number of hydrogen-bond donors (Lipinski definition) is 3. The topological polar surface area (TPSA) is 96.6 Å². The molecule has 0 aliphatic heterocycles. The molecule has 1 aliphatic rings. The molecule has 0 heterocycles. The van der Waals surface area contributed by atoms with Gasteiger partial charge in [0.25, 0.3) is 0 Å². The zero-order chi connectivity index (χ0) is 14.1. The first-order valence-corrected chi connectivity index (χ1v) is 8.72. The summed E-state index contributed by atoms with van der Waals surface area (Å²) in [6.07, 6.45) is 7.35. The monoisotopic (exact) mass is 290 g/mol. The minimum atomic E-state index is -3.13. The first-order valence-electron chi connectivity index (χ1n) is 7.07. The van der Waals surface area contributed by atoms with Crippen LogP contribution >= 0.6 is 0 Å². The summed E-state index contributed by atoms with van der Waals surface area (Å²) >= 11 is 0. The molecule has 0 spiro atoms. The highest BCUT2D eigenvalue weighted by atomic mass is 32.2. The second kappa shape index (κ2) is 8.37. The molecule has 19 heavy (non-hydrogen) atoms. The largest absolute Gasteiger partial charge is 0.370 e. The lowest BCUT2D eigenvalue weighted by Crippen LogP contribution is -2.40. The van der Waals surface area contributed by atoms with Crippen molar-refractivity contribution in [1.82, 2.24) is 10.0 Å². The minimum absolute atomic E-state index is 0.0898. The Bertz CT molecular complexity index is 373. The van der Waals surface area contributed by atoms with E-state index < -0.39 is 10.0 Å². The predicted molar refractivity (Wildman–Crippen MR) is 78.6 cm³/mol. The van der Waals surface area contributed by atoms with Crippen LogP contribution in [0.2, 0.25) is 0 Å². The van der Waals surface area contributed by atoms with Crippen LogP contribution in [0.5, 0.6) is 0 Å². The van der Waals surface area contributed by atoms with Gasteiger partial charge in [-0.3, -0.25) is 4.99 Å². The van der Waals surface area contributed by atoms with Gasteiger partial charge < -0.3 is 11.1 Å². The van der Waals surface area contributed by atoms with Crippen LogP contribution in [0.4, 0.5) is 0 Å². The van der Waals surface area contributed by atoms with Crippen molar-refractivity contribution < 1.29 is 8.42 Å². The minimum Gasteiger partial charge on any atom is -0.370 e. The molecule has 0 radical (unpaired) electrons. The van der Waals surface area contributed by atoms with Gasteiger partial charge in [-0.25, -0.2) is 13.1 Å². The fourth-order valence-corrected chi connectivity index (χ4v) is 2.76. The lowest BCUT2D eigenvalue weighted by atomic mass is 10.1. The van der Waals surface area contributed by atoms with E-state index in [1.54, 1.807) is 6.92 Å². The van der Waals surface area contributed by atoms with Gasteiger partial charge in [0.1, 0.15) is 0 Å². The molecular weight excluding hydrogens is 264 g/mol. The number of rotatable bonds is 6. The lowest BCUT2D eigenvalue weighted by Gasteiger charge is -2.16. The van der Waals surface area contributed by atoms with Crippen LogP contribution in [0.15, 0.2) is 4.99 Å². The highest BCUT2D eigenvalue weighted by Gasteiger charge is 2.12. The van der Waals surface area contributed by atoms with E-state index in [-0.39, 0.29) is 5.75 Å². The summed E-state index contributed by atoms with van der Waals surface area (Å²) in [6.45, 7) is 2.27. The van der Waals surface area contributed by atoms with Gasteiger partial charge in [0.2, 0.25) is 10.0 Å². The third-order valence-electron chi connectivity index (χ3n) is 3.30. The molecule has 0 atom stereocenters. The molecule has 6 nitrogen and oxygen atoms in total. The van der Waals surface area contributed by atoms with Gasteiger partial charge in [0, 0.05) is 12.6 Å². The SMILES string of the molecule is CCS(=O)(=O)NCCN=C(N)NC1CCCCCC1. The molecule has 0 unspecified atom stereocenters. The van der Waals surface area contributed by atoms with Crippen molar-refractivity contribution in [1.29, 1.82) is 0 Å². The molecule has 0 aromatic carbocycles. The average Bonchev–Trinajstić information content (AvgIpc) is 2.63. The van der Waals surface area contributed by atoms with Gasteiger partial charge in [-0.2, -0.15) is 0 Å². The van der Waals surface area contributed by atoms with Crippen LogP contribution in [0.3, 0.4) is 0 Å². The predicted octanol–water partition coefficient (Wildman–Crippen LogP) is 0.553. The zero-order valence-electron chi connectivity index (χ0n) is 11.7. The molecule has 0 aromatic rings. The van der Waals surface area contributed by atoms with E-state index in [1.165, 1.54) is 25.7 Å². The summed E-state index contributed by atoms with van der Waals surface area (Å²) in [4.78, 5) is 4.14. The van der Waals surface area contributed by atoms with E-state index >= 15 is 0 Å². The van der Waals surface area contributed by atoms with Crippen molar-refractivity contribution in [3.63, 3.8) is 0 Å². The fraction of sp³-hybridized carbons (Fsp3) is 0.917. The number of hydrogen-bond acceptors (Lipinski definition) is 3. The van der Waals surface area contributed by atoms with Crippen LogP contribution < -0.4 is 15.8 Å². The normalized spacial score (nSPS) is 19.1. The van der Waals surface area contributed by atoms with E-state index in [2.05, 4.69) is 15.0 Å². The maximum atomic E-state index is 11.2. The van der Waals surface area contributed by atoms with E-state index in [1.807, 2.05) is 0 Å². The van der Waals surface area contributed by atoms with Gasteiger partial charge in [0.05, 0.1) is 12.3 Å². The molecule has 1 fully saturated rings. The maximum Gasteiger partial charge on any atom is 0.211 e. The molecule has 0 amide bonds. The first kappa shape index (κ1) is 16.2. The Kier molecular flexibility index (Phi) is 7.15. The molecule has 1 aliphatic carbocycles. The van der Waals surface area contributed by atoms with Crippen LogP contribution in [-0.2, 0) is 10.0 Å². The van der Waals surface area contributed by atoms with Crippen LogP contribution in [-0.4, -0.2) is 39.3 Å². The Balaban J connectivity index is 2.24. The standard InChI is InChI=1S/C12H26N4O2S/c1-2-19(17,18)15-10-9-14-12(13)16-11-7-5-3-4-6-8-11/h11,15H,2-10H2,1H3,(H3,13,14,16). The van der Waals surface area contributed by atoms with Gasteiger partial charge in [0.15, 0.2) is 5.96 Å². The Morgan fingerprint density at radius 2 is 1.89 bits per heavy atom. The number of nitrogens with two attached hydrogens (primary N) is 1. The molecular formula is C12H26N4O2S. The summed E-state index contributed by atoms with van der Waals surface area (Å²) in [7, 11) is -3.13. The number of nitrogens with zero attached hydrogens (tertiary/aromatic N) is 1. The number of sulfonamides is 1. The number of aliphatic imine (C=N–C) groups is 1. The summed E-state index contributed by atoms with van der Waals surface area (Å²) in [5.41, 5.74) is 5.80. The van der Waals surface area contributed by atoms with Gasteiger partial charge in [-0.05, 0) is 19.8 Å². The summed E-state index contributed by atoms with van der Waals surface area (Å²) in [5, 5.41) is 3.22. The molecule has 112 valence electrons.